The normalized spacial score (nSPS) is 9.50. The largest absolute Gasteiger partial charge is 0.475 e. The van der Waals surface area contributed by atoms with Crippen molar-refractivity contribution in [2.45, 2.75) is 0 Å². The Kier molecular flexibility index (Phi) is 3.09. The maximum atomic E-state index is 11.0. The summed E-state index contributed by atoms with van der Waals surface area (Å²) >= 11 is 0. The maximum absolute atomic E-state index is 11.0. The molecule has 1 aromatic heterocycles. The fourth-order valence-corrected chi connectivity index (χ4v) is 1.07. The second kappa shape index (κ2) is 4.30. The van der Waals surface area contributed by atoms with E-state index >= 15 is 0 Å². The molecule has 0 aliphatic heterocycles. The molecule has 0 unspecified atom stereocenters. The monoisotopic (exact) mass is 224 g/mol. The summed E-state index contributed by atoms with van der Waals surface area (Å²) in [5.41, 5.74) is -0.973. The molecule has 0 fully saturated rings. The molecule has 7 heteroatoms. The van der Waals surface area contributed by atoms with Crippen molar-refractivity contribution in [2.24, 2.45) is 0 Å². The van der Waals surface area contributed by atoms with Crippen molar-refractivity contribution in [3.63, 3.8) is 0 Å². The number of hydrogen-bond acceptors (Lipinski definition) is 6. The molecule has 0 saturated heterocycles. The second-order valence-corrected chi connectivity index (χ2v) is 2.61. The Bertz CT molecular complexity index is 494. The minimum absolute atomic E-state index is 0.0798. The number of aliphatic carboxylic acids is 1. The Labute approximate surface area is 87.7 Å². The lowest BCUT2D eigenvalue weighted by molar-refractivity contribution is -0.131. The average molecular weight is 224 g/mol. The molecule has 0 aliphatic carbocycles. The quantitative estimate of drug-likeness (QED) is 0.424. The summed E-state index contributed by atoms with van der Waals surface area (Å²) < 4.78 is 4.54. The Morgan fingerprint density at radius 2 is 1.56 bits per heavy atom. The van der Waals surface area contributed by atoms with Gasteiger partial charge in [-0.15, -0.1) is 0 Å². The third-order valence-corrected chi connectivity index (χ3v) is 1.76. The lowest BCUT2D eigenvalue weighted by Crippen LogP contribution is -2.13. The predicted octanol–water partition coefficient (Wildman–Crippen LogP) is -0.0156. The molecule has 0 bridgehead atoms. The predicted molar refractivity (Wildman–Crippen MR) is 46.8 cm³/mol. The number of Topliss-reactive ketones (excluding diaryl/α,β-unsaturated/α-hetero) is 1. The number of ketones is 1. The molecule has 1 rings (SSSR count). The molecule has 0 atom stereocenters. The summed E-state index contributed by atoms with van der Waals surface area (Å²) in [6, 6.07) is 0. The van der Waals surface area contributed by atoms with Gasteiger partial charge in [0.15, 0.2) is 30.4 Å². The first-order valence-electron chi connectivity index (χ1n) is 3.86. The van der Waals surface area contributed by atoms with Crippen molar-refractivity contribution in [1.82, 2.24) is 0 Å². The molecule has 0 radical (unpaired) electrons. The van der Waals surface area contributed by atoms with Gasteiger partial charge in [-0.05, 0) is 0 Å². The minimum atomic E-state index is -1.85. The summed E-state index contributed by atoms with van der Waals surface area (Å²) in [5, 5.41) is 8.40. The van der Waals surface area contributed by atoms with Crippen LogP contribution in [0, 0.1) is 0 Å². The van der Waals surface area contributed by atoms with E-state index in [0.29, 0.717) is 0 Å². The number of furan rings is 1. The Balaban J connectivity index is 3.51. The number of aldehydes is 3. The van der Waals surface area contributed by atoms with E-state index in [1.807, 2.05) is 0 Å². The molecule has 1 aromatic rings. The van der Waals surface area contributed by atoms with Gasteiger partial charge in [0.1, 0.15) is 0 Å². The lowest BCUT2D eigenvalue weighted by Gasteiger charge is -1.90. The summed E-state index contributed by atoms with van der Waals surface area (Å²) in [7, 11) is 0. The van der Waals surface area contributed by atoms with Crippen molar-refractivity contribution >= 4 is 30.6 Å². The SMILES string of the molecule is O=Cc1oc(C(=O)C(=O)O)c(C=O)c1C=O. The van der Waals surface area contributed by atoms with Gasteiger partial charge in [-0.3, -0.25) is 19.2 Å². The Morgan fingerprint density at radius 3 is 1.94 bits per heavy atom. The lowest BCUT2D eigenvalue weighted by atomic mass is 10.1. The number of carbonyl (C=O) groups excluding carboxylic acids is 4. The van der Waals surface area contributed by atoms with Crippen molar-refractivity contribution in [3.8, 4) is 0 Å². The van der Waals surface area contributed by atoms with Crippen molar-refractivity contribution < 1.29 is 33.5 Å². The van der Waals surface area contributed by atoms with Gasteiger partial charge < -0.3 is 9.52 Å². The topological polar surface area (TPSA) is 119 Å². The van der Waals surface area contributed by atoms with Gasteiger partial charge in [0.2, 0.25) is 0 Å². The zero-order valence-electron chi connectivity index (χ0n) is 7.63. The third kappa shape index (κ3) is 1.65. The summed E-state index contributed by atoms with van der Waals surface area (Å²) in [6.45, 7) is 0. The summed E-state index contributed by atoms with van der Waals surface area (Å²) in [6.07, 6.45) is 0.321. The number of carboxylic acids is 1. The molecule has 1 N–H and O–H groups in total. The van der Waals surface area contributed by atoms with E-state index in [1.54, 1.807) is 0 Å². The molecule has 16 heavy (non-hydrogen) atoms. The fourth-order valence-electron chi connectivity index (χ4n) is 1.07. The van der Waals surface area contributed by atoms with Crippen LogP contribution in [0.15, 0.2) is 4.42 Å². The fraction of sp³-hybridized carbons (Fsp3) is 0. The van der Waals surface area contributed by atoms with Crippen molar-refractivity contribution in [3.05, 3.63) is 22.6 Å². The van der Waals surface area contributed by atoms with Crippen LogP contribution < -0.4 is 0 Å². The van der Waals surface area contributed by atoms with Crippen LogP contribution >= 0.6 is 0 Å². The second-order valence-electron chi connectivity index (χ2n) is 2.61. The third-order valence-electron chi connectivity index (χ3n) is 1.76. The highest BCUT2D eigenvalue weighted by molar-refractivity contribution is 6.40. The van der Waals surface area contributed by atoms with Gasteiger partial charge in [-0.1, -0.05) is 0 Å². The molecule has 0 spiro atoms. The maximum Gasteiger partial charge on any atom is 0.380 e. The van der Waals surface area contributed by atoms with E-state index in [0.717, 1.165) is 0 Å². The molecular formula is C9H4O7. The minimum Gasteiger partial charge on any atom is -0.475 e. The van der Waals surface area contributed by atoms with Crippen LogP contribution in [0.2, 0.25) is 0 Å². The number of carbonyl (C=O) groups is 5. The van der Waals surface area contributed by atoms with E-state index < -0.39 is 34.4 Å². The molecular weight excluding hydrogens is 220 g/mol. The number of rotatable bonds is 5. The average Bonchev–Trinajstić information content (AvgIpc) is 2.64. The zero-order chi connectivity index (χ0) is 12.3. The molecule has 0 aliphatic rings. The van der Waals surface area contributed by atoms with Crippen LogP contribution in [0.3, 0.4) is 0 Å². The van der Waals surface area contributed by atoms with Crippen LogP contribution in [0.1, 0.15) is 41.8 Å². The number of hydrogen-bond donors (Lipinski definition) is 1. The molecule has 0 saturated carbocycles. The van der Waals surface area contributed by atoms with Gasteiger partial charge in [-0.25, -0.2) is 4.79 Å². The smallest absolute Gasteiger partial charge is 0.380 e. The van der Waals surface area contributed by atoms with E-state index in [-0.39, 0.29) is 18.9 Å². The van der Waals surface area contributed by atoms with Crippen LogP contribution in [0.25, 0.3) is 0 Å². The van der Waals surface area contributed by atoms with E-state index in [4.69, 9.17) is 5.11 Å². The van der Waals surface area contributed by atoms with E-state index in [2.05, 4.69) is 4.42 Å². The van der Waals surface area contributed by atoms with Crippen LogP contribution in [0.5, 0.6) is 0 Å². The van der Waals surface area contributed by atoms with Crippen LogP contribution in [0.4, 0.5) is 0 Å². The Morgan fingerprint density at radius 1 is 1.00 bits per heavy atom. The molecule has 1 heterocycles. The zero-order valence-corrected chi connectivity index (χ0v) is 7.63. The molecule has 7 nitrogen and oxygen atoms in total. The van der Waals surface area contributed by atoms with E-state index in [9.17, 15) is 24.0 Å². The number of carboxylic acid groups (broad SMARTS) is 1. The first kappa shape index (κ1) is 11.5. The van der Waals surface area contributed by atoms with Gasteiger partial charge >= 0.3 is 11.8 Å². The van der Waals surface area contributed by atoms with Gasteiger partial charge in [0, 0.05) is 0 Å². The highest BCUT2D eigenvalue weighted by atomic mass is 16.4. The standard InChI is InChI=1S/C9H4O7/c10-1-4-5(2-11)8(7(13)9(14)15)16-6(4)3-12/h1-3H,(H,14,15). The summed E-state index contributed by atoms with van der Waals surface area (Å²) in [5.74, 6) is -4.74. The van der Waals surface area contributed by atoms with Crippen LogP contribution in [-0.4, -0.2) is 35.7 Å². The van der Waals surface area contributed by atoms with Crippen molar-refractivity contribution in [2.75, 3.05) is 0 Å². The first-order valence-corrected chi connectivity index (χ1v) is 3.86. The van der Waals surface area contributed by atoms with Gasteiger partial charge in [0.25, 0.3) is 0 Å². The first-order chi connectivity index (χ1) is 7.56. The highest BCUT2D eigenvalue weighted by Gasteiger charge is 2.28. The summed E-state index contributed by atoms with van der Waals surface area (Å²) in [4.78, 5) is 53.0. The molecule has 82 valence electrons. The van der Waals surface area contributed by atoms with Gasteiger partial charge in [0.05, 0.1) is 11.1 Å². The highest BCUT2D eigenvalue weighted by Crippen LogP contribution is 2.19. The Hall–Kier alpha value is -2.57. The molecule has 0 aromatic carbocycles. The molecule has 0 amide bonds. The van der Waals surface area contributed by atoms with E-state index in [1.165, 1.54) is 0 Å². The van der Waals surface area contributed by atoms with Gasteiger partial charge in [-0.2, -0.15) is 0 Å². The van der Waals surface area contributed by atoms with Crippen LogP contribution in [-0.2, 0) is 4.79 Å². The van der Waals surface area contributed by atoms with Crippen molar-refractivity contribution in [1.29, 1.82) is 0 Å².